The zero-order chi connectivity index (χ0) is 31.2. The van der Waals surface area contributed by atoms with E-state index in [-0.39, 0.29) is 32.0 Å². The highest BCUT2D eigenvalue weighted by atomic mass is 16.7. The van der Waals surface area contributed by atoms with Crippen LogP contribution in [0.5, 0.6) is 0 Å². The number of aliphatic hydroxyl groups is 4. The number of likely N-dealkylation sites (N-methyl/N-ethyl adjacent to an activating group) is 2. The molecular formula is C26H50N8O8. The summed E-state index contributed by atoms with van der Waals surface area (Å²) in [5.74, 6) is -1.06. The van der Waals surface area contributed by atoms with Crippen molar-refractivity contribution in [2.45, 2.75) is 99.7 Å². The molecule has 1 unspecified atom stereocenters. The fourth-order valence-corrected chi connectivity index (χ4v) is 5.96. The predicted octanol–water partition coefficient (Wildman–Crippen LogP) is -4.54. The van der Waals surface area contributed by atoms with Gasteiger partial charge in [-0.25, -0.2) is 0 Å². The highest BCUT2D eigenvalue weighted by Gasteiger charge is 2.53. The molecule has 2 fully saturated rings. The molecule has 2 heterocycles. The smallest absolute Gasteiger partial charge is 0.249 e. The zero-order valence-corrected chi connectivity index (χ0v) is 24.5. The molecule has 42 heavy (non-hydrogen) atoms. The van der Waals surface area contributed by atoms with E-state index < -0.39 is 78.4 Å². The van der Waals surface area contributed by atoms with Crippen LogP contribution >= 0.6 is 0 Å². The molecule has 3 aliphatic rings. The molecule has 16 heteroatoms. The van der Waals surface area contributed by atoms with Crippen molar-refractivity contribution in [1.29, 1.82) is 5.41 Å². The molecule has 3 rings (SSSR count). The maximum atomic E-state index is 12.9. The summed E-state index contributed by atoms with van der Waals surface area (Å²) >= 11 is 0. The summed E-state index contributed by atoms with van der Waals surface area (Å²) < 4.78 is 18.1. The number of carbonyl (C=O) groups excluding carboxylic acids is 1. The summed E-state index contributed by atoms with van der Waals surface area (Å²) in [5.41, 5.74) is 16.9. The Morgan fingerprint density at radius 1 is 1.29 bits per heavy atom. The number of rotatable bonds is 12. The van der Waals surface area contributed by atoms with Gasteiger partial charge < -0.3 is 73.1 Å². The Balaban J connectivity index is 1.83. The third-order valence-electron chi connectivity index (χ3n) is 8.20. The number of amides is 1. The Kier molecular flexibility index (Phi) is 12.3. The van der Waals surface area contributed by atoms with E-state index >= 15 is 0 Å². The molecule has 1 saturated carbocycles. The minimum atomic E-state index is -1.45. The van der Waals surface area contributed by atoms with Crippen LogP contribution in [0.25, 0.3) is 0 Å². The lowest BCUT2D eigenvalue weighted by Crippen LogP contribution is -2.69. The van der Waals surface area contributed by atoms with Crippen molar-refractivity contribution in [2.75, 3.05) is 33.3 Å². The van der Waals surface area contributed by atoms with Crippen molar-refractivity contribution in [1.82, 2.24) is 21.3 Å². The zero-order valence-electron chi connectivity index (χ0n) is 24.5. The van der Waals surface area contributed by atoms with Crippen molar-refractivity contribution in [2.24, 2.45) is 23.1 Å². The van der Waals surface area contributed by atoms with E-state index in [1.807, 2.05) is 13.0 Å². The first-order chi connectivity index (χ1) is 19.8. The van der Waals surface area contributed by atoms with Gasteiger partial charge in [-0.05, 0) is 45.9 Å². The maximum Gasteiger partial charge on any atom is 0.249 e. The van der Waals surface area contributed by atoms with Crippen LogP contribution < -0.4 is 38.5 Å². The molecule has 0 spiro atoms. The normalized spacial score (nSPS) is 39.5. The number of aliphatic hydroxyl groups excluding tert-OH is 3. The summed E-state index contributed by atoms with van der Waals surface area (Å²) in [5, 5.41) is 62.4. The molecule has 0 aromatic carbocycles. The van der Waals surface area contributed by atoms with Crippen molar-refractivity contribution < 1.29 is 39.4 Å². The molecular weight excluding hydrogens is 552 g/mol. The van der Waals surface area contributed by atoms with E-state index in [2.05, 4.69) is 21.3 Å². The highest BCUT2D eigenvalue weighted by molar-refractivity contribution is 5.81. The summed E-state index contributed by atoms with van der Waals surface area (Å²) in [6.45, 7) is 4.64. The van der Waals surface area contributed by atoms with Gasteiger partial charge in [0.25, 0.3) is 0 Å². The molecule has 0 bridgehead atoms. The van der Waals surface area contributed by atoms with Crippen LogP contribution in [-0.2, 0) is 19.0 Å². The van der Waals surface area contributed by atoms with Gasteiger partial charge in [-0.1, -0.05) is 6.92 Å². The first-order valence-corrected chi connectivity index (χ1v) is 14.5. The number of guanidine groups is 1. The standard InChI is InChI=1S/C26H50N8O8/c1-4-32-10-12-5-6-13(27)20(41-12)17-14(28)9-15(34-23(38)16(35)7-8-33-25(29)30)21(18(17)36)42-24-19(37)22(31-3)26(2,39)11-40-24/h5,13-22,24,31-32,35-37,39H,4,6-11,27-28H2,1-3H3,(H,34,38)(H4,29,30,33)/t13-,14+,15-,16+,17?,18+,19-,20+,21+,22-,24-,26+/m1/s1. The Bertz CT molecular complexity index is 942. The van der Waals surface area contributed by atoms with E-state index in [1.165, 1.54) is 6.92 Å². The number of nitrogens with one attached hydrogen (secondary N) is 5. The second kappa shape index (κ2) is 15.1. The molecule has 1 amide bonds. The van der Waals surface area contributed by atoms with Crippen molar-refractivity contribution in [3.05, 3.63) is 11.8 Å². The molecule has 15 N–H and O–H groups in total. The fraction of sp³-hybridized carbons (Fsp3) is 0.846. The van der Waals surface area contributed by atoms with Crippen LogP contribution in [0.2, 0.25) is 0 Å². The minimum Gasteiger partial charge on any atom is -0.492 e. The minimum absolute atomic E-state index is 0.0318. The van der Waals surface area contributed by atoms with Gasteiger partial charge in [0.15, 0.2) is 12.2 Å². The quantitative estimate of drug-likeness (QED) is 0.0741. The predicted molar refractivity (Wildman–Crippen MR) is 153 cm³/mol. The largest absolute Gasteiger partial charge is 0.492 e. The average Bonchev–Trinajstić information content (AvgIpc) is 2.91. The molecule has 0 aromatic rings. The second-order valence-electron chi connectivity index (χ2n) is 11.6. The molecule has 2 aliphatic heterocycles. The maximum absolute atomic E-state index is 12.9. The number of nitrogens with two attached hydrogens (primary N) is 3. The van der Waals surface area contributed by atoms with Gasteiger partial charge in [0.1, 0.15) is 35.8 Å². The van der Waals surface area contributed by atoms with Gasteiger partial charge in [-0.15, -0.1) is 0 Å². The van der Waals surface area contributed by atoms with Gasteiger partial charge in [0.05, 0.1) is 31.3 Å². The fourth-order valence-electron chi connectivity index (χ4n) is 5.96. The average molecular weight is 603 g/mol. The van der Waals surface area contributed by atoms with Crippen molar-refractivity contribution >= 4 is 11.9 Å². The topological polar surface area (TPSA) is 276 Å². The molecule has 242 valence electrons. The third-order valence-corrected chi connectivity index (χ3v) is 8.20. The molecule has 0 aromatic heterocycles. The number of hydrogen-bond acceptors (Lipinski definition) is 13. The van der Waals surface area contributed by atoms with Crippen molar-refractivity contribution in [3.63, 3.8) is 0 Å². The lowest BCUT2D eigenvalue weighted by atomic mass is 9.72. The van der Waals surface area contributed by atoms with Gasteiger partial charge in [-0.3, -0.25) is 10.2 Å². The summed E-state index contributed by atoms with van der Waals surface area (Å²) in [4.78, 5) is 12.9. The number of ether oxygens (including phenoxy) is 3. The van der Waals surface area contributed by atoms with Crippen molar-refractivity contribution in [3.8, 4) is 0 Å². The Hall–Kier alpha value is -2.12. The van der Waals surface area contributed by atoms with Crippen LogP contribution in [0.15, 0.2) is 11.8 Å². The summed E-state index contributed by atoms with van der Waals surface area (Å²) in [6.07, 6.45) is -4.68. The lowest BCUT2D eigenvalue weighted by molar-refractivity contribution is -0.297. The highest BCUT2D eigenvalue weighted by Crippen LogP contribution is 2.36. The molecule has 16 nitrogen and oxygen atoms in total. The summed E-state index contributed by atoms with van der Waals surface area (Å²) in [6, 6.07) is -2.85. The number of carbonyl (C=O) groups is 1. The summed E-state index contributed by atoms with van der Waals surface area (Å²) in [7, 11) is 1.58. The lowest BCUT2D eigenvalue weighted by Gasteiger charge is -2.50. The van der Waals surface area contributed by atoms with E-state index in [0.717, 1.165) is 6.54 Å². The van der Waals surface area contributed by atoms with Crippen LogP contribution in [0.4, 0.5) is 0 Å². The number of hydrogen-bond donors (Lipinski definition) is 12. The van der Waals surface area contributed by atoms with E-state index in [9.17, 15) is 25.2 Å². The molecule has 1 saturated heterocycles. The van der Waals surface area contributed by atoms with Crippen LogP contribution in [0.1, 0.15) is 33.1 Å². The van der Waals surface area contributed by atoms with Gasteiger partial charge in [0.2, 0.25) is 5.91 Å². The van der Waals surface area contributed by atoms with E-state index in [4.69, 9.17) is 36.8 Å². The van der Waals surface area contributed by atoms with Gasteiger partial charge >= 0.3 is 0 Å². The monoisotopic (exact) mass is 602 g/mol. The third kappa shape index (κ3) is 8.28. The Morgan fingerprint density at radius 3 is 2.64 bits per heavy atom. The van der Waals surface area contributed by atoms with Crippen LogP contribution in [0, 0.1) is 11.3 Å². The van der Waals surface area contributed by atoms with Crippen LogP contribution in [0.3, 0.4) is 0 Å². The Labute approximate surface area is 246 Å². The SMILES string of the molecule is CCNCC1=CC[C@@H](N)[C@@H](C2[C@@H](N)C[C@@H](NC(=O)[C@@H](O)CCNC(=N)N)[C@H](O[C@H]3OC[C@](C)(O)[C@H](NC)[C@H]3O)[C@H]2O)O1. The second-order valence-corrected chi connectivity index (χ2v) is 11.6. The molecule has 0 radical (unpaired) electrons. The van der Waals surface area contributed by atoms with Crippen LogP contribution in [-0.4, -0.2) is 132 Å². The first-order valence-electron chi connectivity index (χ1n) is 14.5. The molecule has 12 atom stereocenters. The molecule has 1 aliphatic carbocycles. The van der Waals surface area contributed by atoms with E-state index in [1.54, 1.807) is 7.05 Å². The van der Waals surface area contributed by atoms with E-state index in [0.29, 0.717) is 18.7 Å². The van der Waals surface area contributed by atoms with Gasteiger partial charge in [0, 0.05) is 24.5 Å². The first kappa shape index (κ1) is 34.4. The van der Waals surface area contributed by atoms with Gasteiger partial charge in [-0.2, -0.15) is 0 Å². The Morgan fingerprint density at radius 2 is 2.00 bits per heavy atom.